The first-order chi connectivity index (χ1) is 8.90. The third-order valence-electron chi connectivity index (χ3n) is 3.52. The van der Waals surface area contributed by atoms with E-state index in [9.17, 15) is 0 Å². The number of rotatable bonds is 3. The second-order valence-electron chi connectivity index (χ2n) is 4.80. The van der Waals surface area contributed by atoms with Crippen LogP contribution < -0.4 is 5.32 Å². The molecule has 0 amide bonds. The van der Waals surface area contributed by atoms with Gasteiger partial charge in [-0.05, 0) is 37.0 Å². The predicted octanol–water partition coefficient (Wildman–Crippen LogP) is 3.18. The zero-order valence-electron chi connectivity index (χ0n) is 10.8. The summed E-state index contributed by atoms with van der Waals surface area (Å²) in [5, 5.41) is 3.48. The standard InChI is InChI=1S/C15H19N3/c1-2-5-15-17-10-11-18(15)14-8-3-7-13-12(14)6-4-9-16-13/h3,7-8,10-11,16H,2,4-6,9H2,1H3. The van der Waals surface area contributed by atoms with Crippen molar-refractivity contribution in [2.24, 2.45) is 0 Å². The van der Waals surface area contributed by atoms with Crippen molar-refractivity contribution in [2.75, 3.05) is 11.9 Å². The van der Waals surface area contributed by atoms with Crippen molar-refractivity contribution in [1.29, 1.82) is 0 Å². The van der Waals surface area contributed by atoms with E-state index in [0.29, 0.717) is 0 Å². The van der Waals surface area contributed by atoms with Gasteiger partial charge >= 0.3 is 0 Å². The van der Waals surface area contributed by atoms with Crippen LogP contribution >= 0.6 is 0 Å². The molecular formula is C15H19N3. The average molecular weight is 241 g/mol. The number of anilines is 1. The van der Waals surface area contributed by atoms with E-state index in [4.69, 9.17) is 0 Å². The van der Waals surface area contributed by atoms with Gasteiger partial charge in [-0.2, -0.15) is 0 Å². The molecule has 0 aliphatic carbocycles. The summed E-state index contributed by atoms with van der Waals surface area (Å²) in [4.78, 5) is 4.47. The second-order valence-corrected chi connectivity index (χ2v) is 4.80. The Balaban J connectivity index is 2.08. The fourth-order valence-electron chi connectivity index (χ4n) is 2.68. The highest BCUT2D eigenvalue weighted by Crippen LogP contribution is 2.28. The Morgan fingerprint density at radius 3 is 3.22 bits per heavy atom. The molecule has 3 nitrogen and oxygen atoms in total. The van der Waals surface area contributed by atoms with Crippen LogP contribution in [-0.2, 0) is 12.8 Å². The van der Waals surface area contributed by atoms with Crippen molar-refractivity contribution in [2.45, 2.75) is 32.6 Å². The number of aryl methyl sites for hydroxylation is 1. The van der Waals surface area contributed by atoms with E-state index in [1.54, 1.807) is 0 Å². The summed E-state index contributed by atoms with van der Waals surface area (Å²) in [5.74, 6) is 1.16. The van der Waals surface area contributed by atoms with Crippen LogP contribution in [0.15, 0.2) is 30.6 Å². The summed E-state index contributed by atoms with van der Waals surface area (Å²) in [5.41, 5.74) is 4.01. The minimum atomic E-state index is 1.03. The number of benzene rings is 1. The van der Waals surface area contributed by atoms with Crippen LogP contribution in [0, 0.1) is 0 Å². The normalized spacial score (nSPS) is 14.1. The highest BCUT2D eigenvalue weighted by Gasteiger charge is 2.15. The van der Waals surface area contributed by atoms with E-state index in [0.717, 1.165) is 31.6 Å². The van der Waals surface area contributed by atoms with Gasteiger partial charge in [0.15, 0.2) is 0 Å². The SMILES string of the molecule is CCCc1nccn1-c1cccc2c1CCCN2. The van der Waals surface area contributed by atoms with Gasteiger partial charge in [-0.15, -0.1) is 0 Å². The Bertz CT molecular complexity index is 542. The number of hydrogen-bond acceptors (Lipinski definition) is 2. The van der Waals surface area contributed by atoms with Crippen molar-refractivity contribution in [1.82, 2.24) is 9.55 Å². The Hall–Kier alpha value is -1.77. The van der Waals surface area contributed by atoms with Crippen molar-refractivity contribution in [3.05, 3.63) is 42.0 Å². The Labute approximate surface area is 108 Å². The Morgan fingerprint density at radius 1 is 1.39 bits per heavy atom. The van der Waals surface area contributed by atoms with Crippen LogP contribution in [0.25, 0.3) is 5.69 Å². The molecule has 1 aromatic carbocycles. The maximum atomic E-state index is 4.47. The highest BCUT2D eigenvalue weighted by molar-refractivity contribution is 5.62. The minimum absolute atomic E-state index is 1.03. The zero-order valence-corrected chi connectivity index (χ0v) is 10.8. The number of nitrogens with zero attached hydrogens (tertiary/aromatic N) is 2. The molecule has 0 saturated carbocycles. The molecule has 1 aliphatic heterocycles. The van der Waals surface area contributed by atoms with E-state index < -0.39 is 0 Å². The molecule has 1 aromatic heterocycles. The molecule has 1 aliphatic rings. The lowest BCUT2D eigenvalue weighted by molar-refractivity contribution is 0.784. The summed E-state index contributed by atoms with van der Waals surface area (Å²) in [6.45, 7) is 3.28. The maximum Gasteiger partial charge on any atom is 0.113 e. The minimum Gasteiger partial charge on any atom is -0.385 e. The molecule has 2 aromatic rings. The molecule has 0 saturated heterocycles. The summed E-state index contributed by atoms with van der Waals surface area (Å²) in [7, 11) is 0. The van der Waals surface area contributed by atoms with Gasteiger partial charge in [-0.3, -0.25) is 0 Å². The monoisotopic (exact) mass is 241 g/mol. The number of aromatic nitrogens is 2. The maximum absolute atomic E-state index is 4.47. The van der Waals surface area contributed by atoms with Gasteiger partial charge < -0.3 is 9.88 Å². The Kier molecular flexibility index (Phi) is 3.05. The third-order valence-corrected chi connectivity index (χ3v) is 3.52. The lowest BCUT2D eigenvalue weighted by Gasteiger charge is -2.22. The topological polar surface area (TPSA) is 29.9 Å². The molecule has 0 unspecified atom stereocenters. The fourth-order valence-corrected chi connectivity index (χ4v) is 2.68. The molecule has 3 rings (SSSR count). The van der Waals surface area contributed by atoms with Gasteiger partial charge in [0.05, 0.1) is 5.69 Å². The van der Waals surface area contributed by atoms with Crippen LogP contribution in [0.1, 0.15) is 31.2 Å². The van der Waals surface area contributed by atoms with Gasteiger partial charge in [0, 0.05) is 31.0 Å². The molecule has 94 valence electrons. The van der Waals surface area contributed by atoms with Crippen LogP contribution in [0.2, 0.25) is 0 Å². The van der Waals surface area contributed by atoms with Crippen LogP contribution in [0.3, 0.4) is 0 Å². The van der Waals surface area contributed by atoms with E-state index >= 15 is 0 Å². The van der Waals surface area contributed by atoms with Gasteiger partial charge in [-0.25, -0.2) is 4.98 Å². The highest BCUT2D eigenvalue weighted by atomic mass is 15.1. The number of nitrogens with one attached hydrogen (secondary N) is 1. The first-order valence-corrected chi connectivity index (χ1v) is 6.78. The zero-order chi connectivity index (χ0) is 12.4. The van der Waals surface area contributed by atoms with Crippen molar-refractivity contribution >= 4 is 5.69 Å². The largest absolute Gasteiger partial charge is 0.385 e. The van der Waals surface area contributed by atoms with Crippen LogP contribution in [-0.4, -0.2) is 16.1 Å². The molecular weight excluding hydrogens is 222 g/mol. The lowest BCUT2D eigenvalue weighted by atomic mass is 10.0. The first-order valence-electron chi connectivity index (χ1n) is 6.78. The first kappa shape index (κ1) is 11.3. The van der Waals surface area contributed by atoms with E-state index in [2.05, 4.69) is 46.2 Å². The van der Waals surface area contributed by atoms with Gasteiger partial charge in [0.2, 0.25) is 0 Å². The van der Waals surface area contributed by atoms with Crippen molar-refractivity contribution in [3.63, 3.8) is 0 Å². The molecule has 0 atom stereocenters. The molecule has 1 N–H and O–H groups in total. The summed E-state index contributed by atoms with van der Waals surface area (Å²) < 4.78 is 2.25. The van der Waals surface area contributed by atoms with Crippen molar-refractivity contribution in [3.8, 4) is 5.69 Å². The molecule has 0 spiro atoms. The van der Waals surface area contributed by atoms with E-state index in [1.807, 2.05) is 6.20 Å². The fraction of sp³-hybridized carbons (Fsp3) is 0.400. The van der Waals surface area contributed by atoms with Gasteiger partial charge in [-0.1, -0.05) is 13.0 Å². The van der Waals surface area contributed by atoms with Crippen LogP contribution in [0.4, 0.5) is 5.69 Å². The number of hydrogen-bond donors (Lipinski definition) is 1. The Morgan fingerprint density at radius 2 is 2.33 bits per heavy atom. The van der Waals surface area contributed by atoms with E-state index in [-0.39, 0.29) is 0 Å². The van der Waals surface area contributed by atoms with Gasteiger partial charge in [0.25, 0.3) is 0 Å². The quantitative estimate of drug-likeness (QED) is 0.894. The smallest absolute Gasteiger partial charge is 0.113 e. The average Bonchev–Trinajstić information content (AvgIpc) is 2.87. The number of imidazole rings is 1. The van der Waals surface area contributed by atoms with Crippen molar-refractivity contribution < 1.29 is 0 Å². The molecule has 0 fully saturated rings. The van der Waals surface area contributed by atoms with Gasteiger partial charge in [0.1, 0.15) is 5.82 Å². The molecule has 3 heteroatoms. The molecule has 0 bridgehead atoms. The van der Waals surface area contributed by atoms with E-state index in [1.165, 1.54) is 23.4 Å². The molecule has 18 heavy (non-hydrogen) atoms. The van der Waals surface area contributed by atoms with Crippen LogP contribution in [0.5, 0.6) is 0 Å². The third kappa shape index (κ3) is 1.90. The summed E-state index contributed by atoms with van der Waals surface area (Å²) >= 11 is 0. The summed E-state index contributed by atoms with van der Waals surface area (Å²) in [6, 6.07) is 6.50. The number of fused-ring (bicyclic) bond motifs is 1. The summed E-state index contributed by atoms with van der Waals surface area (Å²) in [6.07, 6.45) is 8.51. The molecule has 0 radical (unpaired) electrons. The second kappa shape index (κ2) is 4.84. The molecule has 2 heterocycles. The predicted molar refractivity (Wildman–Crippen MR) is 74.4 cm³/mol. The lowest BCUT2D eigenvalue weighted by Crippen LogP contribution is -2.14.